The fraction of sp³-hybridized carbons (Fsp3) is 0.913. The highest BCUT2D eigenvalue weighted by Gasteiger charge is 2.46. The first-order valence-corrected chi connectivity index (χ1v) is 11.8. The maximum absolute atomic E-state index is 12.7. The number of ether oxygens (including phenoxy) is 1. The van der Waals surface area contributed by atoms with E-state index in [1.54, 1.807) is 11.8 Å². The zero-order valence-corrected chi connectivity index (χ0v) is 20.7. The van der Waals surface area contributed by atoms with Crippen LogP contribution in [0, 0.1) is 10.8 Å². The van der Waals surface area contributed by atoms with Crippen molar-refractivity contribution in [1.82, 2.24) is 4.90 Å². The number of hydrogen-bond donors (Lipinski definition) is 0. The van der Waals surface area contributed by atoms with Gasteiger partial charge in [0, 0.05) is 18.6 Å². The van der Waals surface area contributed by atoms with Gasteiger partial charge in [-0.05, 0) is 57.1 Å². The van der Waals surface area contributed by atoms with Crippen molar-refractivity contribution in [2.24, 2.45) is 10.8 Å². The molecule has 1 rings (SSSR count). The molecule has 28 heavy (non-hydrogen) atoms. The Morgan fingerprint density at radius 1 is 1.04 bits per heavy atom. The number of amides is 2. The number of hydrogen-bond acceptors (Lipinski definition) is 4. The molecule has 0 aromatic heterocycles. The van der Waals surface area contributed by atoms with Crippen LogP contribution in [0.1, 0.15) is 94.9 Å². The van der Waals surface area contributed by atoms with E-state index in [0.717, 1.165) is 18.6 Å². The summed E-state index contributed by atoms with van der Waals surface area (Å²) in [5.74, 6) is 0.759. The molecule has 1 unspecified atom stereocenters. The van der Waals surface area contributed by atoms with Crippen molar-refractivity contribution in [3.05, 3.63) is 0 Å². The van der Waals surface area contributed by atoms with Crippen molar-refractivity contribution in [2.75, 3.05) is 12.4 Å². The number of carbonyl (C=O) groups excluding carboxylic acids is 2. The Morgan fingerprint density at radius 2 is 1.61 bits per heavy atom. The Labute approximate surface area is 177 Å². The van der Waals surface area contributed by atoms with E-state index in [1.165, 1.54) is 4.90 Å². The quantitative estimate of drug-likeness (QED) is 0.409. The molecular weight excluding hydrogens is 370 g/mol. The molecule has 0 aromatic rings. The molecule has 0 bridgehead atoms. The maximum Gasteiger partial charge on any atom is 0.243 e. The SMILES string of the molecule is CCSC1CC(=O)N(C(C)(C)CCOC(C)(C)C(C)(C)CC(C)(C)CC)C1=O. The van der Waals surface area contributed by atoms with Gasteiger partial charge >= 0.3 is 0 Å². The average Bonchev–Trinajstić information content (AvgIpc) is 2.80. The molecule has 0 saturated carbocycles. The lowest BCUT2D eigenvalue weighted by atomic mass is 9.66. The van der Waals surface area contributed by atoms with Gasteiger partial charge < -0.3 is 4.74 Å². The van der Waals surface area contributed by atoms with E-state index in [1.807, 2.05) is 20.8 Å². The molecular formula is C23H43NO3S. The lowest BCUT2D eigenvalue weighted by Gasteiger charge is -2.46. The average molecular weight is 414 g/mol. The van der Waals surface area contributed by atoms with Gasteiger partial charge in [0.15, 0.2) is 0 Å². The summed E-state index contributed by atoms with van der Waals surface area (Å²) in [6.45, 7) is 22.2. The van der Waals surface area contributed by atoms with Crippen LogP contribution in [0.15, 0.2) is 0 Å². The van der Waals surface area contributed by atoms with Crippen molar-refractivity contribution in [1.29, 1.82) is 0 Å². The normalized spacial score (nSPS) is 19.6. The summed E-state index contributed by atoms with van der Waals surface area (Å²) in [6, 6.07) is 0. The van der Waals surface area contributed by atoms with Gasteiger partial charge in [-0.25, -0.2) is 0 Å². The van der Waals surface area contributed by atoms with Gasteiger partial charge in [0.05, 0.1) is 10.9 Å². The van der Waals surface area contributed by atoms with Crippen molar-refractivity contribution in [3.8, 4) is 0 Å². The molecule has 0 radical (unpaired) electrons. The van der Waals surface area contributed by atoms with Crippen LogP contribution < -0.4 is 0 Å². The monoisotopic (exact) mass is 413 g/mol. The molecule has 1 atom stereocenters. The van der Waals surface area contributed by atoms with E-state index in [4.69, 9.17) is 4.74 Å². The Hall–Kier alpha value is -0.550. The second-order valence-electron chi connectivity index (χ2n) is 10.7. The van der Waals surface area contributed by atoms with Crippen LogP contribution in [0.25, 0.3) is 0 Å². The molecule has 4 nitrogen and oxygen atoms in total. The van der Waals surface area contributed by atoms with Gasteiger partial charge in [0.25, 0.3) is 0 Å². The van der Waals surface area contributed by atoms with Crippen LogP contribution in [-0.2, 0) is 14.3 Å². The molecule has 164 valence electrons. The van der Waals surface area contributed by atoms with Crippen LogP contribution in [0.3, 0.4) is 0 Å². The summed E-state index contributed by atoms with van der Waals surface area (Å²) in [5.41, 5.74) is -0.544. The first kappa shape index (κ1) is 25.5. The highest BCUT2D eigenvalue weighted by molar-refractivity contribution is 8.00. The van der Waals surface area contributed by atoms with Crippen LogP contribution in [0.2, 0.25) is 0 Å². The Kier molecular flexibility index (Phi) is 8.26. The van der Waals surface area contributed by atoms with Gasteiger partial charge in [-0.3, -0.25) is 14.5 Å². The molecule has 0 N–H and O–H groups in total. The number of carbonyl (C=O) groups is 2. The number of nitrogens with zero attached hydrogens (tertiary/aromatic N) is 1. The summed E-state index contributed by atoms with van der Waals surface area (Å²) in [6.07, 6.45) is 3.18. The highest BCUT2D eigenvalue weighted by atomic mass is 32.2. The van der Waals surface area contributed by atoms with Crippen molar-refractivity contribution < 1.29 is 14.3 Å². The molecule has 0 aliphatic carbocycles. The van der Waals surface area contributed by atoms with Gasteiger partial charge in [0.2, 0.25) is 11.8 Å². The lowest BCUT2D eigenvalue weighted by Crippen LogP contribution is -2.50. The van der Waals surface area contributed by atoms with Gasteiger partial charge in [0.1, 0.15) is 0 Å². The molecule has 1 fully saturated rings. The van der Waals surface area contributed by atoms with Gasteiger partial charge in [-0.2, -0.15) is 0 Å². The second-order valence-corrected chi connectivity index (χ2v) is 12.2. The standard InChI is InChI=1S/C23H43NO3S/c1-11-20(3,4)16-21(5,6)23(9,10)27-14-13-22(7,8)24-18(25)15-17(19(24)26)28-12-2/h17H,11-16H2,1-10H3. The smallest absolute Gasteiger partial charge is 0.243 e. The van der Waals surface area contributed by atoms with E-state index in [2.05, 4.69) is 48.5 Å². The van der Waals surface area contributed by atoms with Crippen LogP contribution in [0.4, 0.5) is 0 Å². The molecule has 0 aromatic carbocycles. The molecule has 1 aliphatic heterocycles. The predicted octanol–water partition coefficient (Wildman–Crippen LogP) is 5.68. The minimum absolute atomic E-state index is 0.0127. The van der Waals surface area contributed by atoms with Crippen LogP contribution in [0.5, 0.6) is 0 Å². The van der Waals surface area contributed by atoms with Crippen LogP contribution in [-0.4, -0.2) is 45.5 Å². The maximum atomic E-state index is 12.7. The summed E-state index contributed by atoms with van der Waals surface area (Å²) < 4.78 is 6.37. The Bertz CT molecular complexity index is 566. The number of rotatable bonds is 11. The van der Waals surface area contributed by atoms with E-state index >= 15 is 0 Å². The fourth-order valence-corrected chi connectivity index (χ4v) is 4.88. The highest BCUT2D eigenvalue weighted by Crippen LogP contribution is 2.44. The zero-order valence-electron chi connectivity index (χ0n) is 19.9. The van der Waals surface area contributed by atoms with E-state index < -0.39 is 5.54 Å². The number of imide groups is 1. The Morgan fingerprint density at radius 3 is 2.11 bits per heavy atom. The fourth-order valence-electron chi connectivity index (χ4n) is 3.97. The minimum atomic E-state index is -0.528. The summed E-state index contributed by atoms with van der Waals surface area (Å²) in [5, 5.41) is -0.218. The first-order valence-electron chi connectivity index (χ1n) is 10.7. The van der Waals surface area contributed by atoms with Crippen molar-refractivity contribution >= 4 is 23.6 Å². The van der Waals surface area contributed by atoms with E-state index in [0.29, 0.717) is 19.4 Å². The summed E-state index contributed by atoms with van der Waals surface area (Å²) in [7, 11) is 0. The Balaban J connectivity index is 2.75. The third kappa shape index (κ3) is 5.98. The molecule has 5 heteroatoms. The predicted molar refractivity (Wildman–Crippen MR) is 120 cm³/mol. The van der Waals surface area contributed by atoms with Gasteiger partial charge in [-0.1, -0.05) is 48.0 Å². The molecule has 1 aliphatic rings. The zero-order chi connectivity index (χ0) is 22.0. The first-order chi connectivity index (χ1) is 12.6. The number of likely N-dealkylation sites (tertiary alicyclic amines) is 1. The second kappa shape index (κ2) is 9.07. The minimum Gasteiger partial charge on any atom is -0.375 e. The third-order valence-electron chi connectivity index (χ3n) is 6.76. The lowest BCUT2D eigenvalue weighted by molar-refractivity contribution is -0.147. The molecule has 1 heterocycles. The largest absolute Gasteiger partial charge is 0.375 e. The van der Waals surface area contributed by atoms with Crippen molar-refractivity contribution in [3.63, 3.8) is 0 Å². The topological polar surface area (TPSA) is 46.6 Å². The van der Waals surface area contributed by atoms with Crippen LogP contribution >= 0.6 is 11.8 Å². The molecule has 1 saturated heterocycles. The summed E-state index contributed by atoms with van der Waals surface area (Å²) in [4.78, 5) is 26.7. The van der Waals surface area contributed by atoms with Crippen molar-refractivity contribution in [2.45, 2.75) is 111 Å². The molecule has 2 amide bonds. The van der Waals surface area contributed by atoms with Gasteiger partial charge in [-0.15, -0.1) is 11.8 Å². The number of thioether (sulfide) groups is 1. The molecule has 0 spiro atoms. The van der Waals surface area contributed by atoms with E-state index in [-0.39, 0.29) is 33.5 Å². The summed E-state index contributed by atoms with van der Waals surface area (Å²) >= 11 is 1.57. The van der Waals surface area contributed by atoms with E-state index in [9.17, 15) is 9.59 Å². The third-order valence-corrected chi connectivity index (χ3v) is 7.87.